The molecule has 7 nitrogen and oxygen atoms in total. The molecule has 0 spiro atoms. The number of aliphatic hydroxyl groups is 1. The first-order valence-electron chi connectivity index (χ1n) is 9.87. The molecule has 1 aromatic carbocycles. The van der Waals surface area contributed by atoms with E-state index in [0.717, 1.165) is 29.4 Å². The lowest BCUT2D eigenvalue weighted by atomic mass is 9.97. The Morgan fingerprint density at radius 1 is 1.36 bits per heavy atom. The van der Waals surface area contributed by atoms with Gasteiger partial charge in [0.25, 0.3) is 0 Å². The number of rotatable bonds is 6. The summed E-state index contributed by atoms with van der Waals surface area (Å²) in [5.74, 6) is 0.220. The summed E-state index contributed by atoms with van der Waals surface area (Å²) in [5, 5.41) is 24.6. The number of aromatic amines is 1. The van der Waals surface area contributed by atoms with Crippen LogP contribution in [0.25, 0.3) is 11.0 Å². The standard InChI is InChI=1S/C21H26N4O3/c1-2-13(8-9-15-18(26)7-4-11-22-15)23-17-10-12-25-19-14(20(17)27)5-3-6-16(19)24-21(25)28/h3-7,11,13,17,20,23,26-27H,2,8-10,12H2,1H3,(H,24,28)/t13?,17-,20-/m1/s1. The third-order valence-corrected chi connectivity index (χ3v) is 5.73. The monoisotopic (exact) mass is 382 g/mol. The smallest absolute Gasteiger partial charge is 0.326 e. The van der Waals surface area contributed by atoms with E-state index in [9.17, 15) is 15.0 Å². The predicted octanol–water partition coefficient (Wildman–Crippen LogP) is 2.24. The summed E-state index contributed by atoms with van der Waals surface area (Å²) in [4.78, 5) is 19.4. The molecule has 0 amide bonds. The van der Waals surface area contributed by atoms with Crippen LogP contribution in [-0.4, -0.2) is 36.8 Å². The number of pyridine rings is 1. The highest BCUT2D eigenvalue weighted by atomic mass is 16.3. The third kappa shape index (κ3) is 3.43. The number of aromatic nitrogens is 3. The van der Waals surface area contributed by atoms with Gasteiger partial charge in [0.15, 0.2) is 0 Å². The van der Waals surface area contributed by atoms with Crippen LogP contribution in [-0.2, 0) is 13.0 Å². The van der Waals surface area contributed by atoms with Crippen LogP contribution in [0.3, 0.4) is 0 Å². The Morgan fingerprint density at radius 3 is 3.00 bits per heavy atom. The lowest BCUT2D eigenvalue weighted by Gasteiger charge is -2.28. The second-order valence-corrected chi connectivity index (χ2v) is 7.44. The summed E-state index contributed by atoms with van der Waals surface area (Å²) in [6.45, 7) is 2.66. The average Bonchev–Trinajstić information content (AvgIpc) is 2.95. The van der Waals surface area contributed by atoms with Gasteiger partial charge in [-0.25, -0.2) is 4.79 Å². The van der Waals surface area contributed by atoms with Crippen molar-refractivity contribution in [1.29, 1.82) is 0 Å². The lowest BCUT2D eigenvalue weighted by molar-refractivity contribution is 0.117. The fraction of sp³-hybridized carbons (Fsp3) is 0.429. The molecule has 1 aliphatic rings. The Labute approximate surface area is 163 Å². The molecule has 4 N–H and O–H groups in total. The van der Waals surface area contributed by atoms with Crippen LogP contribution in [0.4, 0.5) is 0 Å². The van der Waals surface area contributed by atoms with Crippen molar-refractivity contribution >= 4 is 11.0 Å². The fourth-order valence-corrected chi connectivity index (χ4v) is 4.16. The third-order valence-electron chi connectivity index (χ3n) is 5.73. The van der Waals surface area contributed by atoms with Crippen molar-refractivity contribution in [2.24, 2.45) is 0 Å². The number of aliphatic hydroxyl groups excluding tert-OH is 1. The van der Waals surface area contributed by atoms with Crippen LogP contribution in [0.5, 0.6) is 5.75 Å². The molecule has 0 radical (unpaired) electrons. The number of aryl methyl sites for hydroxylation is 2. The highest BCUT2D eigenvalue weighted by Gasteiger charge is 2.29. The molecular formula is C21H26N4O3. The first-order chi connectivity index (χ1) is 13.6. The zero-order valence-corrected chi connectivity index (χ0v) is 15.9. The Kier molecular flexibility index (Phi) is 5.19. The maximum atomic E-state index is 12.3. The Hall–Kier alpha value is -2.64. The molecule has 3 heterocycles. The van der Waals surface area contributed by atoms with Crippen molar-refractivity contribution in [3.63, 3.8) is 0 Å². The normalized spacial score (nSPS) is 20.2. The minimum atomic E-state index is -0.690. The summed E-state index contributed by atoms with van der Waals surface area (Å²) in [6.07, 6.45) is 4.02. The first-order valence-corrected chi connectivity index (χ1v) is 9.87. The van der Waals surface area contributed by atoms with Gasteiger partial charge in [-0.2, -0.15) is 0 Å². The van der Waals surface area contributed by atoms with Gasteiger partial charge in [-0.05, 0) is 43.9 Å². The van der Waals surface area contributed by atoms with E-state index < -0.39 is 6.10 Å². The Balaban J connectivity index is 1.51. The van der Waals surface area contributed by atoms with Crippen LogP contribution in [0.1, 0.15) is 43.5 Å². The number of H-pyrrole nitrogens is 1. The average molecular weight is 382 g/mol. The van der Waals surface area contributed by atoms with Crippen molar-refractivity contribution in [2.45, 2.75) is 57.3 Å². The first kappa shape index (κ1) is 18.7. The van der Waals surface area contributed by atoms with Crippen LogP contribution in [0.2, 0.25) is 0 Å². The molecule has 0 saturated carbocycles. The summed E-state index contributed by atoms with van der Waals surface area (Å²) >= 11 is 0. The number of imidazole rings is 1. The number of hydrogen-bond donors (Lipinski definition) is 4. The molecule has 4 rings (SSSR count). The second-order valence-electron chi connectivity index (χ2n) is 7.44. The highest BCUT2D eigenvalue weighted by molar-refractivity contribution is 5.79. The molecule has 0 aliphatic carbocycles. The maximum absolute atomic E-state index is 12.3. The maximum Gasteiger partial charge on any atom is 0.326 e. The van der Waals surface area contributed by atoms with Crippen molar-refractivity contribution in [2.75, 3.05) is 0 Å². The number of benzene rings is 1. The van der Waals surface area contributed by atoms with E-state index in [1.54, 1.807) is 22.9 Å². The molecule has 1 aliphatic heterocycles. The van der Waals surface area contributed by atoms with Crippen molar-refractivity contribution in [3.05, 3.63) is 58.3 Å². The van der Waals surface area contributed by atoms with E-state index >= 15 is 0 Å². The fourth-order valence-electron chi connectivity index (χ4n) is 4.16. The molecule has 3 atom stereocenters. The van der Waals surface area contributed by atoms with E-state index in [1.165, 1.54) is 0 Å². The molecule has 3 aromatic rings. The van der Waals surface area contributed by atoms with Gasteiger partial charge in [0.1, 0.15) is 5.75 Å². The molecule has 7 heteroatoms. The van der Waals surface area contributed by atoms with Gasteiger partial charge in [0, 0.05) is 30.4 Å². The van der Waals surface area contributed by atoms with E-state index in [4.69, 9.17) is 0 Å². The lowest BCUT2D eigenvalue weighted by Crippen LogP contribution is -2.42. The molecule has 1 unspecified atom stereocenters. The molecule has 0 fully saturated rings. The Morgan fingerprint density at radius 2 is 2.21 bits per heavy atom. The van der Waals surface area contributed by atoms with E-state index in [0.29, 0.717) is 25.1 Å². The summed E-state index contributed by atoms with van der Waals surface area (Å²) < 4.78 is 1.72. The molecule has 2 aromatic heterocycles. The number of hydrogen-bond acceptors (Lipinski definition) is 5. The zero-order valence-electron chi connectivity index (χ0n) is 15.9. The van der Waals surface area contributed by atoms with Gasteiger partial charge in [-0.3, -0.25) is 9.55 Å². The summed E-state index contributed by atoms with van der Waals surface area (Å²) in [7, 11) is 0. The van der Waals surface area contributed by atoms with E-state index in [-0.39, 0.29) is 23.5 Å². The molecular weight excluding hydrogens is 356 g/mol. The van der Waals surface area contributed by atoms with Gasteiger partial charge in [-0.1, -0.05) is 19.1 Å². The van der Waals surface area contributed by atoms with E-state index in [2.05, 4.69) is 22.2 Å². The van der Waals surface area contributed by atoms with E-state index in [1.807, 2.05) is 18.2 Å². The summed E-state index contributed by atoms with van der Waals surface area (Å²) in [5.41, 5.74) is 2.91. The molecule has 28 heavy (non-hydrogen) atoms. The Bertz CT molecular complexity index is 1030. The minimum Gasteiger partial charge on any atom is -0.506 e. The van der Waals surface area contributed by atoms with Crippen molar-refractivity contribution < 1.29 is 10.2 Å². The number of nitrogens with one attached hydrogen (secondary N) is 2. The second kappa shape index (κ2) is 7.77. The van der Waals surface area contributed by atoms with Gasteiger partial charge in [0.05, 0.1) is 22.8 Å². The molecule has 0 saturated heterocycles. The number of para-hydroxylation sites is 1. The number of aromatic hydroxyl groups is 1. The highest BCUT2D eigenvalue weighted by Crippen LogP contribution is 2.30. The molecule has 0 bridgehead atoms. The van der Waals surface area contributed by atoms with Crippen LogP contribution in [0, 0.1) is 0 Å². The topological polar surface area (TPSA) is 103 Å². The zero-order chi connectivity index (χ0) is 19.7. The van der Waals surface area contributed by atoms with Crippen LogP contribution >= 0.6 is 0 Å². The van der Waals surface area contributed by atoms with Crippen LogP contribution < -0.4 is 11.0 Å². The van der Waals surface area contributed by atoms with Crippen LogP contribution in [0.15, 0.2) is 41.3 Å². The largest absolute Gasteiger partial charge is 0.506 e. The van der Waals surface area contributed by atoms with Crippen molar-refractivity contribution in [3.8, 4) is 5.75 Å². The van der Waals surface area contributed by atoms with Gasteiger partial charge in [0.2, 0.25) is 0 Å². The molecule has 148 valence electrons. The van der Waals surface area contributed by atoms with Gasteiger partial charge in [-0.15, -0.1) is 0 Å². The minimum absolute atomic E-state index is 0.132. The van der Waals surface area contributed by atoms with Gasteiger partial charge >= 0.3 is 5.69 Å². The van der Waals surface area contributed by atoms with Gasteiger partial charge < -0.3 is 20.5 Å². The summed E-state index contributed by atoms with van der Waals surface area (Å²) in [6, 6.07) is 9.02. The quantitative estimate of drug-likeness (QED) is 0.524. The predicted molar refractivity (Wildman–Crippen MR) is 107 cm³/mol. The SMILES string of the molecule is CCC(CCc1ncccc1O)N[C@@H]1CCn2c(=O)[nH]c3cccc(c32)[C@H]1O. The number of nitrogens with zero attached hydrogens (tertiary/aromatic N) is 2. The van der Waals surface area contributed by atoms with Crippen molar-refractivity contribution in [1.82, 2.24) is 19.9 Å².